The van der Waals surface area contributed by atoms with Gasteiger partial charge >= 0.3 is 0 Å². The first-order valence-electron chi connectivity index (χ1n) is 7.66. The Morgan fingerprint density at radius 1 is 1.26 bits per heavy atom. The Morgan fingerprint density at radius 2 is 1.84 bits per heavy atom. The maximum Gasteiger partial charge on any atom is 0.225 e. The Balaban J connectivity index is 2.65. The smallest absolute Gasteiger partial charge is 0.225 e. The number of rotatable bonds is 3. The second-order valence-electron chi connectivity index (χ2n) is 7.47. The Labute approximate surface area is 118 Å². The van der Waals surface area contributed by atoms with Crippen LogP contribution in [-0.4, -0.2) is 29.9 Å². The fourth-order valence-corrected chi connectivity index (χ4v) is 3.02. The van der Waals surface area contributed by atoms with Gasteiger partial charge in [-0.3, -0.25) is 4.79 Å². The van der Waals surface area contributed by atoms with Crippen LogP contribution in [0.4, 0.5) is 0 Å². The molecule has 0 bridgehead atoms. The highest BCUT2D eigenvalue weighted by Crippen LogP contribution is 2.32. The number of carbonyl (C=O) groups excluding carboxylic acids is 1. The Hall–Kier alpha value is -0.570. The highest BCUT2D eigenvalue weighted by atomic mass is 16.2. The van der Waals surface area contributed by atoms with Crippen molar-refractivity contribution in [2.45, 2.75) is 72.4 Å². The van der Waals surface area contributed by atoms with Crippen LogP contribution in [0.3, 0.4) is 0 Å². The molecule has 0 radical (unpaired) electrons. The van der Waals surface area contributed by atoms with Crippen molar-refractivity contribution in [2.24, 2.45) is 23.0 Å². The molecule has 4 atom stereocenters. The molecule has 0 spiro atoms. The van der Waals surface area contributed by atoms with Gasteiger partial charge in [0, 0.05) is 25.0 Å². The van der Waals surface area contributed by atoms with E-state index in [0.29, 0.717) is 12.0 Å². The molecule has 1 saturated carbocycles. The molecule has 0 heterocycles. The van der Waals surface area contributed by atoms with Gasteiger partial charge in [-0.15, -0.1) is 0 Å². The quantitative estimate of drug-likeness (QED) is 0.855. The van der Waals surface area contributed by atoms with Crippen LogP contribution in [-0.2, 0) is 4.79 Å². The first kappa shape index (κ1) is 16.5. The lowest BCUT2D eigenvalue weighted by atomic mass is 9.77. The van der Waals surface area contributed by atoms with Gasteiger partial charge in [0.1, 0.15) is 0 Å². The van der Waals surface area contributed by atoms with Gasteiger partial charge in [-0.2, -0.15) is 0 Å². The minimum absolute atomic E-state index is 0.0983. The zero-order valence-corrected chi connectivity index (χ0v) is 13.6. The van der Waals surface area contributed by atoms with Crippen molar-refractivity contribution >= 4 is 5.91 Å². The van der Waals surface area contributed by atoms with E-state index in [1.807, 2.05) is 11.9 Å². The van der Waals surface area contributed by atoms with Crippen LogP contribution < -0.4 is 5.73 Å². The maximum absolute atomic E-state index is 12.6. The van der Waals surface area contributed by atoms with Gasteiger partial charge in [-0.1, -0.05) is 34.1 Å². The molecule has 0 aliphatic heterocycles. The SMILES string of the molecule is CC(C(=O)N(C)C(C)C(C)(C)C)C1CCCC(N)C1. The zero-order chi connectivity index (χ0) is 14.8. The number of hydrogen-bond acceptors (Lipinski definition) is 2. The average Bonchev–Trinajstić information content (AvgIpc) is 2.34. The Morgan fingerprint density at radius 3 is 2.32 bits per heavy atom. The van der Waals surface area contributed by atoms with E-state index < -0.39 is 0 Å². The predicted octanol–water partition coefficient (Wildman–Crippen LogP) is 3.03. The molecule has 1 aliphatic rings. The van der Waals surface area contributed by atoms with Crippen molar-refractivity contribution < 1.29 is 4.79 Å². The highest BCUT2D eigenvalue weighted by molar-refractivity contribution is 5.79. The third-order valence-corrected chi connectivity index (χ3v) is 5.03. The van der Waals surface area contributed by atoms with Gasteiger partial charge in [0.05, 0.1) is 0 Å². The largest absolute Gasteiger partial charge is 0.342 e. The summed E-state index contributed by atoms with van der Waals surface area (Å²) in [4.78, 5) is 14.6. The molecule has 3 nitrogen and oxygen atoms in total. The fourth-order valence-electron chi connectivity index (χ4n) is 3.02. The minimum atomic E-state index is 0.0983. The summed E-state index contributed by atoms with van der Waals surface area (Å²) in [6, 6.07) is 0.541. The lowest BCUT2D eigenvalue weighted by molar-refractivity contribution is -0.139. The van der Waals surface area contributed by atoms with Crippen LogP contribution in [0.2, 0.25) is 0 Å². The van der Waals surface area contributed by atoms with E-state index in [0.717, 1.165) is 19.3 Å². The van der Waals surface area contributed by atoms with Crippen molar-refractivity contribution in [2.75, 3.05) is 7.05 Å². The molecule has 1 fully saturated rings. The van der Waals surface area contributed by atoms with E-state index >= 15 is 0 Å². The predicted molar refractivity (Wildman–Crippen MR) is 80.8 cm³/mol. The van der Waals surface area contributed by atoms with Crippen LogP contribution in [0, 0.1) is 17.3 Å². The summed E-state index contributed by atoms with van der Waals surface area (Å²) in [5.41, 5.74) is 6.16. The van der Waals surface area contributed by atoms with Gasteiger partial charge in [0.2, 0.25) is 5.91 Å². The molecule has 112 valence electrons. The van der Waals surface area contributed by atoms with Crippen LogP contribution in [0.5, 0.6) is 0 Å². The van der Waals surface area contributed by atoms with Crippen LogP contribution in [0.1, 0.15) is 60.3 Å². The molecule has 19 heavy (non-hydrogen) atoms. The molecule has 1 aliphatic carbocycles. The van der Waals surface area contributed by atoms with Crippen molar-refractivity contribution in [1.29, 1.82) is 0 Å². The number of nitrogens with two attached hydrogens (primary N) is 1. The number of hydrogen-bond donors (Lipinski definition) is 1. The van der Waals surface area contributed by atoms with E-state index in [1.165, 1.54) is 6.42 Å². The first-order chi connectivity index (χ1) is 8.64. The summed E-state index contributed by atoms with van der Waals surface area (Å²) < 4.78 is 0. The zero-order valence-electron chi connectivity index (χ0n) is 13.6. The van der Waals surface area contributed by atoms with Crippen molar-refractivity contribution in [3.63, 3.8) is 0 Å². The molecule has 1 rings (SSSR count). The summed E-state index contributed by atoms with van der Waals surface area (Å²) in [7, 11) is 1.94. The van der Waals surface area contributed by atoms with Crippen LogP contribution in [0.25, 0.3) is 0 Å². The third kappa shape index (κ3) is 4.20. The third-order valence-electron chi connectivity index (χ3n) is 5.03. The van der Waals surface area contributed by atoms with E-state index in [2.05, 4.69) is 34.6 Å². The first-order valence-corrected chi connectivity index (χ1v) is 7.66. The molecule has 3 heteroatoms. The van der Waals surface area contributed by atoms with Crippen LogP contribution in [0.15, 0.2) is 0 Å². The molecular weight excluding hydrogens is 236 g/mol. The molecule has 1 amide bonds. The molecule has 4 unspecified atom stereocenters. The lowest BCUT2D eigenvalue weighted by Crippen LogP contribution is -2.47. The molecule has 0 aromatic heterocycles. The van der Waals surface area contributed by atoms with Crippen molar-refractivity contribution in [3.8, 4) is 0 Å². The minimum Gasteiger partial charge on any atom is -0.342 e. The van der Waals surface area contributed by atoms with Gasteiger partial charge in [-0.25, -0.2) is 0 Å². The topological polar surface area (TPSA) is 46.3 Å². The second-order valence-corrected chi connectivity index (χ2v) is 7.47. The van der Waals surface area contributed by atoms with Crippen molar-refractivity contribution in [1.82, 2.24) is 4.90 Å². The van der Waals surface area contributed by atoms with E-state index in [1.54, 1.807) is 0 Å². The monoisotopic (exact) mass is 268 g/mol. The molecule has 0 aromatic rings. The molecule has 0 aromatic carbocycles. The van der Waals surface area contributed by atoms with Gasteiger partial charge in [-0.05, 0) is 37.5 Å². The van der Waals surface area contributed by atoms with Crippen molar-refractivity contribution in [3.05, 3.63) is 0 Å². The van der Waals surface area contributed by atoms with Gasteiger partial charge in [0.15, 0.2) is 0 Å². The summed E-state index contributed by atoms with van der Waals surface area (Å²) in [6.45, 7) is 10.8. The molecule has 0 saturated heterocycles. The summed E-state index contributed by atoms with van der Waals surface area (Å²) in [5.74, 6) is 0.841. The number of carbonyl (C=O) groups is 1. The van der Waals surface area contributed by atoms with E-state index in [9.17, 15) is 4.79 Å². The molecular formula is C16H32N2O. The molecule has 2 N–H and O–H groups in total. The Bertz CT molecular complexity index is 308. The van der Waals surface area contributed by atoms with Gasteiger partial charge < -0.3 is 10.6 Å². The average molecular weight is 268 g/mol. The normalized spacial score (nSPS) is 27.7. The lowest BCUT2D eigenvalue weighted by Gasteiger charge is -2.39. The summed E-state index contributed by atoms with van der Waals surface area (Å²) in [6.07, 6.45) is 4.44. The fraction of sp³-hybridized carbons (Fsp3) is 0.938. The summed E-state index contributed by atoms with van der Waals surface area (Å²) in [5, 5.41) is 0. The highest BCUT2D eigenvalue weighted by Gasteiger charge is 2.34. The summed E-state index contributed by atoms with van der Waals surface area (Å²) >= 11 is 0. The van der Waals surface area contributed by atoms with E-state index in [4.69, 9.17) is 5.73 Å². The number of nitrogens with zero attached hydrogens (tertiary/aromatic N) is 1. The Kier molecular flexibility index (Phi) is 5.43. The number of amides is 1. The van der Waals surface area contributed by atoms with Crippen LogP contribution >= 0.6 is 0 Å². The standard InChI is InChI=1S/C16H32N2O/c1-11(13-8-7-9-14(17)10-13)15(19)18(6)12(2)16(3,4)5/h11-14H,7-10,17H2,1-6H3. The van der Waals surface area contributed by atoms with E-state index in [-0.39, 0.29) is 23.3 Å². The maximum atomic E-state index is 12.6. The second kappa shape index (κ2) is 6.25. The van der Waals surface area contributed by atoms with Gasteiger partial charge in [0.25, 0.3) is 0 Å².